The van der Waals surface area contributed by atoms with Crippen molar-refractivity contribution < 1.29 is 4.79 Å². The summed E-state index contributed by atoms with van der Waals surface area (Å²) in [6.45, 7) is 3.90. The van der Waals surface area contributed by atoms with E-state index in [1.54, 1.807) is 0 Å². The van der Waals surface area contributed by atoms with E-state index < -0.39 is 0 Å². The van der Waals surface area contributed by atoms with Gasteiger partial charge in [-0.25, -0.2) is 0 Å². The maximum Gasteiger partial charge on any atom is 0.243 e. The van der Waals surface area contributed by atoms with E-state index in [1.165, 1.54) is 5.69 Å². The Kier molecular flexibility index (Phi) is 2.90. The lowest BCUT2D eigenvalue weighted by Crippen LogP contribution is -2.52. The molecule has 2 aliphatic heterocycles. The summed E-state index contributed by atoms with van der Waals surface area (Å²) in [5.74, 6) is 0.275. The monoisotopic (exact) mass is 247 g/mol. The summed E-state index contributed by atoms with van der Waals surface area (Å²) in [6, 6.07) is 4.33. The lowest BCUT2D eigenvalue weighted by atomic mass is 9.97. The van der Waals surface area contributed by atoms with Gasteiger partial charge >= 0.3 is 0 Å². The topological polar surface area (TPSA) is 48.1 Å². The molecule has 2 fully saturated rings. The second kappa shape index (κ2) is 4.43. The Balaban J connectivity index is 1.80. The minimum absolute atomic E-state index is 0.242. The largest absolute Gasteiger partial charge is 0.363 e. The van der Waals surface area contributed by atoms with Gasteiger partial charge in [0.05, 0.1) is 11.6 Å². The molecule has 4 nitrogen and oxygen atoms in total. The van der Waals surface area contributed by atoms with E-state index in [0.717, 1.165) is 38.8 Å². The molecule has 0 saturated carbocycles. The predicted octanol–water partition coefficient (Wildman–Crippen LogP) is 1.82. The number of carbonyl (C=O) groups is 1. The van der Waals surface area contributed by atoms with Crippen molar-refractivity contribution in [1.29, 1.82) is 0 Å². The molecular formula is C14H21N3O. The van der Waals surface area contributed by atoms with Crippen LogP contribution >= 0.6 is 0 Å². The van der Waals surface area contributed by atoms with Crippen LogP contribution in [0.4, 0.5) is 0 Å². The van der Waals surface area contributed by atoms with Crippen LogP contribution in [0.25, 0.3) is 0 Å². The maximum absolute atomic E-state index is 12.7. The molecule has 98 valence electrons. The van der Waals surface area contributed by atoms with Crippen LogP contribution in [0.3, 0.4) is 0 Å². The van der Waals surface area contributed by atoms with Gasteiger partial charge < -0.3 is 15.2 Å². The van der Waals surface area contributed by atoms with E-state index in [2.05, 4.69) is 21.3 Å². The molecule has 4 heteroatoms. The molecule has 1 aromatic heterocycles. The highest BCUT2D eigenvalue weighted by Crippen LogP contribution is 2.34. The minimum atomic E-state index is -0.338. The third-order valence-corrected chi connectivity index (χ3v) is 4.34. The molecule has 2 unspecified atom stereocenters. The predicted molar refractivity (Wildman–Crippen MR) is 70.1 cm³/mol. The van der Waals surface area contributed by atoms with Crippen LogP contribution in [0.15, 0.2) is 18.3 Å². The van der Waals surface area contributed by atoms with Gasteiger partial charge in [-0.15, -0.1) is 0 Å². The third kappa shape index (κ3) is 1.85. The van der Waals surface area contributed by atoms with Crippen LogP contribution in [0.5, 0.6) is 0 Å². The second-order valence-corrected chi connectivity index (χ2v) is 5.64. The molecule has 3 heterocycles. The quantitative estimate of drug-likeness (QED) is 0.837. The van der Waals surface area contributed by atoms with Crippen molar-refractivity contribution in [1.82, 2.24) is 15.2 Å². The molecule has 0 aromatic carbocycles. The highest BCUT2D eigenvalue weighted by atomic mass is 16.2. The molecule has 1 amide bonds. The Labute approximate surface area is 108 Å². The lowest BCUT2D eigenvalue weighted by Gasteiger charge is -2.32. The molecule has 1 aromatic rings. The molecule has 3 rings (SSSR count). The van der Waals surface area contributed by atoms with E-state index in [4.69, 9.17) is 0 Å². The zero-order valence-corrected chi connectivity index (χ0v) is 10.9. The summed E-state index contributed by atoms with van der Waals surface area (Å²) in [5, 5.41) is 3.37. The van der Waals surface area contributed by atoms with Crippen LogP contribution in [-0.2, 0) is 4.79 Å². The summed E-state index contributed by atoms with van der Waals surface area (Å²) < 4.78 is 0. The molecule has 2 aliphatic rings. The summed E-state index contributed by atoms with van der Waals surface area (Å²) in [4.78, 5) is 18.0. The summed E-state index contributed by atoms with van der Waals surface area (Å²) in [6.07, 6.45) is 6.17. The first kappa shape index (κ1) is 11.8. The van der Waals surface area contributed by atoms with Gasteiger partial charge in [-0.1, -0.05) is 0 Å². The van der Waals surface area contributed by atoms with Gasteiger partial charge in [0.2, 0.25) is 5.91 Å². The number of nitrogens with zero attached hydrogens (tertiary/aromatic N) is 1. The third-order valence-electron chi connectivity index (χ3n) is 4.34. The van der Waals surface area contributed by atoms with Crippen molar-refractivity contribution in [3.8, 4) is 0 Å². The van der Waals surface area contributed by atoms with Crippen molar-refractivity contribution >= 4 is 5.91 Å². The van der Waals surface area contributed by atoms with Gasteiger partial charge in [0.25, 0.3) is 0 Å². The van der Waals surface area contributed by atoms with Crippen molar-refractivity contribution in [3.63, 3.8) is 0 Å². The number of hydrogen-bond donors (Lipinski definition) is 2. The number of aromatic nitrogens is 1. The van der Waals surface area contributed by atoms with E-state index in [0.29, 0.717) is 0 Å². The van der Waals surface area contributed by atoms with Gasteiger partial charge in [-0.2, -0.15) is 0 Å². The number of amides is 1. The summed E-state index contributed by atoms with van der Waals surface area (Å²) in [7, 11) is 0. The standard InChI is InChI=1S/C14H21N3O/c1-14(7-4-9-16-14)13(18)17-10-3-6-12(17)11-5-2-8-15-11/h2,5,8,12,15-16H,3-4,6-7,9-10H2,1H3. The molecule has 0 bridgehead atoms. The molecule has 2 atom stereocenters. The number of hydrogen-bond acceptors (Lipinski definition) is 2. The fourth-order valence-electron chi connectivity index (χ4n) is 3.28. The molecule has 0 aliphatic carbocycles. The Morgan fingerprint density at radius 3 is 3.06 bits per heavy atom. The lowest BCUT2D eigenvalue weighted by molar-refractivity contribution is -0.138. The summed E-state index contributed by atoms with van der Waals surface area (Å²) >= 11 is 0. The van der Waals surface area contributed by atoms with E-state index in [-0.39, 0.29) is 17.5 Å². The number of rotatable bonds is 2. The van der Waals surface area contributed by atoms with E-state index in [9.17, 15) is 4.79 Å². The maximum atomic E-state index is 12.7. The van der Waals surface area contributed by atoms with Crippen LogP contribution in [0.1, 0.15) is 44.3 Å². The fraction of sp³-hybridized carbons (Fsp3) is 0.643. The first-order valence-corrected chi connectivity index (χ1v) is 6.90. The number of nitrogens with one attached hydrogen (secondary N) is 2. The molecule has 2 saturated heterocycles. The van der Waals surface area contributed by atoms with Crippen molar-refractivity contribution in [2.75, 3.05) is 13.1 Å². The van der Waals surface area contributed by atoms with E-state index >= 15 is 0 Å². The van der Waals surface area contributed by atoms with E-state index in [1.807, 2.05) is 19.2 Å². The number of carbonyl (C=O) groups excluding carboxylic acids is 1. The Morgan fingerprint density at radius 2 is 2.39 bits per heavy atom. The first-order chi connectivity index (χ1) is 8.71. The van der Waals surface area contributed by atoms with Gasteiger partial charge in [0, 0.05) is 18.4 Å². The van der Waals surface area contributed by atoms with Gasteiger partial charge in [0.1, 0.15) is 0 Å². The zero-order valence-electron chi connectivity index (χ0n) is 10.9. The first-order valence-electron chi connectivity index (χ1n) is 6.90. The normalized spacial score (nSPS) is 32.1. The summed E-state index contributed by atoms with van der Waals surface area (Å²) in [5.41, 5.74) is 0.831. The number of H-pyrrole nitrogens is 1. The van der Waals surface area contributed by atoms with Crippen LogP contribution < -0.4 is 5.32 Å². The number of aromatic amines is 1. The molecule has 2 N–H and O–H groups in total. The van der Waals surface area contributed by atoms with Crippen LogP contribution in [0, 0.1) is 0 Å². The SMILES string of the molecule is CC1(C(=O)N2CCCC2c2ccc[nH]2)CCCN1. The van der Waals surface area contributed by atoms with Crippen LogP contribution in [0.2, 0.25) is 0 Å². The second-order valence-electron chi connectivity index (χ2n) is 5.64. The van der Waals surface area contributed by atoms with Crippen molar-refractivity contribution in [2.45, 2.75) is 44.2 Å². The average Bonchev–Trinajstić information content (AvgIpc) is 3.09. The highest BCUT2D eigenvalue weighted by molar-refractivity contribution is 5.87. The fourth-order valence-corrected chi connectivity index (χ4v) is 3.28. The van der Waals surface area contributed by atoms with Gasteiger partial charge in [-0.3, -0.25) is 4.79 Å². The smallest absolute Gasteiger partial charge is 0.243 e. The molecule has 0 radical (unpaired) electrons. The Hall–Kier alpha value is -1.29. The molecule has 18 heavy (non-hydrogen) atoms. The molecular weight excluding hydrogens is 226 g/mol. The number of likely N-dealkylation sites (tertiary alicyclic amines) is 1. The molecule has 0 spiro atoms. The van der Waals surface area contributed by atoms with Crippen molar-refractivity contribution in [2.24, 2.45) is 0 Å². The van der Waals surface area contributed by atoms with Crippen molar-refractivity contribution in [3.05, 3.63) is 24.0 Å². The minimum Gasteiger partial charge on any atom is -0.363 e. The van der Waals surface area contributed by atoms with Gasteiger partial charge in [0.15, 0.2) is 0 Å². The highest BCUT2D eigenvalue weighted by Gasteiger charge is 2.42. The Bertz CT molecular complexity index is 420. The average molecular weight is 247 g/mol. The van der Waals surface area contributed by atoms with Crippen LogP contribution in [-0.4, -0.2) is 34.4 Å². The zero-order chi connectivity index (χ0) is 12.6. The van der Waals surface area contributed by atoms with Gasteiger partial charge in [-0.05, 0) is 51.3 Å². The Morgan fingerprint density at radius 1 is 1.50 bits per heavy atom.